The second kappa shape index (κ2) is 9.74. The summed E-state index contributed by atoms with van der Waals surface area (Å²) in [5, 5.41) is 0. The van der Waals surface area contributed by atoms with Gasteiger partial charge < -0.3 is 14.5 Å². The van der Waals surface area contributed by atoms with Gasteiger partial charge in [-0.1, -0.05) is 25.0 Å². The maximum Gasteiger partial charge on any atom is 0.260 e. The van der Waals surface area contributed by atoms with Gasteiger partial charge >= 0.3 is 0 Å². The molecule has 3 rings (SSSR count). The van der Waals surface area contributed by atoms with Crippen LogP contribution in [0, 0.1) is 6.92 Å². The molecule has 2 heterocycles. The van der Waals surface area contributed by atoms with Gasteiger partial charge in [-0.15, -0.1) is 0 Å². The Labute approximate surface area is 162 Å². The second-order valence-electron chi connectivity index (χ2n) is 7.56. The van der Waals surface area contributed by atoms with Crippen molar-refractivity contribution in [2.75, 3.05) is 52.4 Å². The third kappa shape index (κ3) is 5.96. The van der Waals surface area contributed by atoms with Crippen LogP contribution in [0.25, 0.3) is 0 Å². The summed E-state index contributed by atoms with van der Waals surface area (Å²) in [5.41, 5.74) is 1.11. The molecule has 0 radical (unpaired) electrons. The number of rotatable bonds is 5. The number of piperazine rings is 1. The molecule has 0 atom stereocenters. The van der Waals surface area contributed by atoms with Gasteiger partial charge in [0.2, 0.25) is 5.91 Å². The van der Waals surface area contributed by atoms with E-state index in [1.807, 2.05) is 41.0 Å². The molecule has 2 amide bonds. The molecule has 0 aromatic heterocycles. The van der Waals surface area contributed by atoms with Crippen molar-refractivity contribution in [1.29, 1.82) is 0 Å². The number of amides is 2. The standard InChI is InChI=1S/C21H31N3O3/c1-18-7-6-8-19(15-18)27-17-21(26)24-13-11-22(12-14-24)16-20(25)23-9-4-2-3-5-10-23/h6-8,15H,2-5,9-14,16-17H2,1H3. The number of carbonyl (C=O) groups excluding carboxylic acids is 2. The lowest BCUT2D eigenvalue weighted by atomic mass is 10.2. The number of aryl methyl sites for hydroxylation is 1. The van der Waals surface area contributed by atoms with Crippen molar-refractivity contribution in [3.63, 3.8) is 0 Å². The van der Waals surface area contributed by atoms with Gasteiger partial charge in [0.05, 0.1) is 6.54 Å². The zero-order chi connectivity index (χ0) is 19.1. The molecule has 1 aromatic carbocycles. The zero-order valence-electron chi connectivity index (χ0n) is 16.4. The average molecular weight is 373 g/mol. The van der Waals surface area contributed by atoms with E-state index in [9.17, 15) is 9.59 Å². The summed E-state index contributed by atoms with van der Waals surface area (Å²) in [4.78, 5) is 30.9. The fraction of sp³-hybridized carbons (Fsp3) is 0.619. The number of ether oxygens (including phenoxy) is 1. The molecule has 0 aliphatic carbocycles. The van der Waals surface area contributed by atoms with E-state index < -0.39 is 0 Å². The fourth-order valence-corrected chi connectivity index (χ4v) is 3.71. The highest BCUT2D eigenvalue weighted by Gasteiger charge is 2.24. The van der Waals surface area contributed by atoms with E-state index in [1.165, 1.54) is 12.8 Å². The third-order valence-corrected chi connectivity index (χ3v) is 5.39. The van der Waals surface area contributed by atoms with E-state index >= 15 is 0 Å². The Hall–Kier alpha value is -2.08. The first-order valence-corrected chi connectivity index (χ1v) is 10.1. The summed E-state index contributed by atoms with van der Waals surface area (Å²) in [6.45, 7) is 7.14. The molecule has 2 saturated heterocycles. The van der Waals surface area contributed by atoms with Crippen molar-refractivity contribution in [1.82, 2.24) is 14.7 Å². The Bertz CT molecular complexity index is 633. The molecule has 6 nitrogen and oxygen atoms in total. The highest BCUT2D eigenvalue weighted by molar-refractivity contribution is 5.79. The topological polar surface area (TPSA) is 53.1 Å². The Morgan fingerprint density at radius 2 is 1.56 bits per heavy atom. The molecule has 0 bridgehead atoms. The van der Waals surface area contributed by atoms with Gasteiger partial charge in [-0.3, -0.25) is 14.5 Å². The number of likely N-dealkylation sites (tertiary alicyclic amines) is 1. The van der Waals surface area contributed by atoms with Gasteiger partial charge in [-0.05, 0) is 37.5 Å². The van der Waals surface area contributed by atoms with Gasteiger partial charge in [-0.2, -0.15) is 0 Å². The Morgan fingerprint density at radius 1 is 0.889 bits per heavy atom. The molecular weight excluding hydrogens is 342 g/mol. The van der Waals surface area contributed by atoms with E-state index in [4.69, 9.17) is 4.74 Å². The normalized spacial score (nSPS) is 18.9. The Balaban J connectivity index is 1.39. The minimum atomic E-state index is 0.00926. The molecule has 0 N–H and O–H groups in total. The van der Waals surface area contributed by atoms with Crippen molar-refractivity contribution in [2.45, 2.75) is 32.6 Å². The van der Waals surface area contributed by atoms with Gasteiger partial charge in [0.25, 0.3) is 5.91 Å². The SMILES string of the molecule is Cc1cccc(OCC(=O)N2CCN(CC(=O)N3CCCCCC3)CC2)c1. The summed E-state index contributed by atoms with van der Waals surface area (Å²) in [6, 6.07) is 7.72. The lowest BCUT2D eigenvalue weighted by Gasteiger charge is -2.35. The van der Waals surface area contributed by atoms with Crippen LogP contribution in [0.2, 0.25) is 0 Å². The van der Waals surface area contributed by atoms with Crippen molar-refractivity contribution < 1.29 is 14.3 Å². The van der Waals surface area contributed by atoms with E-state index in [-0.39, 0.29) is 18.4 Å². The van der Waals surface area contributed by atoms with Crippen LogP contribution in [-0.4, -0.2) is 78.9 Å². The van der Waals surface area contributed by atoms with E-state index in [1.54, 1.807) is 0 Å². The van der Waals surface area contributed by atoms with Gasteiger partial charge in [-0.25, -0.2) is 0 Å². The van der Waals surface area contributed by atoms with Crippen LogP contribution < -0.4 is 4.74 Å². The minimum Gasteiger partial charge on any atom is -0.484 e. The molecule has 27 heavy (non-hydrogen) atoms. The molecule has 0 unspecified atom stereocenters. The first-order valence-electron chi connectivity index (χ1n) is 10.1. The van der Waals surface area contributed by atoms with Crippen LogP contribution in [0.1, 0.15) is 31.2 Å². The minimum absolute atomic E-state index is 0.00926. The monoisotopic (exact) mass is 373 g/mol. The van der Waals surface area contributed by atoms with Gasteiger partial charge in [0.15, 0.2) is 6.61 Å². The number of nitrogens with zero attached hydrogens (tertiary/aromatic N) is 3. The molecule has 1 aromatic rings. The largest absolute Gasteiger partial charge is 0.484 e. The predicted octanol–water partition coefficient (Wildman–Crippen LogP) is 1.92. The van der Waals surface area contributed by atoms with Crippen molar-refractivity contribution in [2.24, 2.45) is 0 Å². The molecule has 0 saturated carbocycles. The van der Waals surface area contributed by atoms with E-state index in [2.05, 4.69) is 4.90 Å². The molecule has 2 aliphatic rings. The van der Waals surface area contributed by atoms with Crippen LogP contribution in [0.5, 0.6) is 5.75 Å². The van der Waals surface area contributed by atoms with Crippen LogP contribution in [0.15, 0.2) is 24.3 Å². The van der Waals surface area contributed by atoms with Crippen LogP contribution in [0.4, 0.5) is 0 Å². The van der Waals surface area contributed by atoms with Crippen LogP contribution in [-0.2, 0) is 9.59 Å². The molecule has 148 valence electrons. The van der Waals surface area contributed by atoms with Crippen molar-refractivity contribution in [3.05, 3.63) is 29.8 Å². The highest BCUT2D eigenvalue weighted by atomic mass is 16.5. The van der Waals surface area contributed by atoms with Gasteiger partial charge in [0, 0.05) is 39.3 Å². The Kier molecular flexibility index (Phi) is 7.10. The number of carbonyl (C=O) groups is 2. The van der Waals surface area contributed by atoms with Crippen LogP contribution in [0.3, 0.4) is 0 Å². The van der Waals surface area contributed by atoms with Gasteiger partial charge in [0.1, 0.15) is 5.75 Å². The Morgan fingerprint density at radius 3 is 2.22 bits per heavy atom. The number of hydrogen-bond acceptors (Lipinski definition) is 4. The summed E-state index contributed by atoms with van der Waals surface area (Å²) >= 11 is 0. The first kappa shape index (κ1) is 19.7. The molecular formula is C21H31N3O3. The third-order valence-electron chi connectivity index (χ3n) is 5.39. The average Bonchev–Trinajstić information content (AvgIpc) is 2.96. The summed E-state index contributed by atoms with van der Waals surface area (Å²) in [7, 11) is 0. The fourth-order valence-electron chi connectivity index (χ4n) is 3.71. The number of hydrogen-bond donors (Lipinski definition) is 0. The lowest BCUT2D eigenvalue weighted by molar-refractivity contribution is -0.136. The van der Waals surface area contributed by atoms with E-state index in [0.29, 0.717) is 19.6 Å². The molecule has 2 aliphatic heterocycles. The number of benzene rings is 1. The van der Waals surface area contributed by atoms with Crippen molar-refractivity contribution in [3.8, 4) is 5.75 Å². The maximum absolute atomic E-state index is 12.5. The predicted molar refractivity (Wildman–Crippen MR) is 105 cm³/mol. The smallest absolute Gasteiger partial charge is 0.260 e. The highest BCUT2D eigenvalue weighted by Crippen LogP contribution is 2.13. The maximum atomic E-state index is 12.5. The second-order valence-corrected chi connectivity index (χ2v) is 7.56. The first-order chi connectivity index (χ1) is 13.1. The quantitative estimate of drug-likeness (QED) is 0.791. The summed E-state index contributed by atoms with van der Waals surface area (Å²) in [5.74, 6) is 0.972. The zero-order valence-corrected chi connectivity index (χ0v) is 16.4. The van der Waals surface area contributed by atoms with Crippen molar-refractivity contribution >= 4 is 11.8 Å². The lowest BCUT2D eigenvalue weighted by Crippen LogP contribution is -2.52. The summed E-state index contributed by atoms with van der Waals surface area (Å²) in [6.07, 6.45) is 4.70. The molecule has 6 heteroatoms. The van der Waals surface area contributed by atoms with Crippen LogP contribution >= 0.6 is 0 Å². The molecule has 2 fully saturated rings. The van der Waals surface area contributed by atoms with E-state index in [0.717, 1.165) is 50.3 Å². The molecule has 0 spiro atoms. The summed E-state index contributed by atoms with van der Waals surface area (Å²) < 4.78 is 5.62.